The number of hydrogen-bond acceptors (Lipinski definition) is 4. The van der Waals surface area contributed by atoms with E-state index in [1.165, 1.54) is 6.07 Å². The molecule has 3 N–H and O–H groups in total. The smallest absolute Gasteiger partial charge is 0.300 e. The molecule has 0 aliphatic rings. The summed E-state index contributed by atoms with van der Waals surface area (Å²) in [6, 6.07) is 9.94. The second-order valence-electron chi connectivity index (χ2n) is 4.00. The van der Waals surface area contributed by atoms with Crippen LogP contribution in [0.15, 0.2) is 45.3 Å². The summed E-state index contributed by atoms with van der Waals surface area (Å²) in [6.45, 7) is 0. The van der Waals surface area contributed by atoms with Crippen LogP contribution >= 0.6 is 15.9 Å². The molecule has 0 fully saturated rings. The highest BCUT2D eigenvalue weighted by Gasteiger charge is 2.09. The number of oxazole rings is 1. The van der Waals surface area contributed by atoms with Gasteiger partial charge >= 0.3 is 0 Å². The number of anilines is 3. The zero-order valence-corrected chi connectivity index (χ0v) is 11.2. The fraction of sp³-hybridized carbons (Fsp3) is 0. The number of benzene rings is 2. The third kappa shape index (κ3) is 2.39. The summed E-state index contributed by atoms with van der Waals surface area (Å²) < 4.78 is 19.8. The van der Waals surface area contributed by atoms with Crippen LogP contribution < -0.4 is 11.1 Å². The lowest BCUT2D eigenvalue weighted by Gasteiger charge is -2.03. The Bertz CT molecular complexity index is 757. The molecule has 1 aromatic heterocycles. The standard InChI is InChI=1S/C13H9BrFN3O/c14-7-1-3-9(15)10(5-7)17-13-18-11-6-8(16)2-4-12(11)19-13/h1-6H,16H2,(H,17,18). The second-order valence-corrected chi connectivity index (χ2v) is 4.91. The normalized spacial score (nSPS) is 10.8. The first kappa shape index (κ1) is 12.0. The third-order valence-electron chi connectivity index (χ3n) is 2.58. The zero-order chi connectivity index (χ0) is 13.4. The molecule has 4 nitrogen and oxygen atoms in total. The molecule has 0 atom stereocenters. The molecule has 3 rings (SSSR count). The number of nitrogens with zero attached hydrogens (tertiary/aromatic N) is 1. The Kier molecular flexibility index (Phi) is 2.87. The summed E-state index contributed by atoms with van der Waals surface area (Å²) in [7, 11) is 0. The van der Waals surface area contributed by atoms with Crippen molar-refractivity contribution in [2.75, 3.05) is 11.1 Å². The monoisotopic (exact) mass is 321 g/mol. The van der Waals surface area contributed by atoms with E-state index < -0.39 is 0 Å². The lowest BCUT2D eigenvalue weighted by molar-refractivity contribution is 0.611. The average Bonchev–Trinajstić information content (AvgIpc) is 2.75. The minimum Gasteiger partial charge on any atom is -0.423 e. The highest BCUT2D eigenvalue weighted by Crippen LogP contribution is 2.26. The Hall–Kier alpha value is -2.08. The summed E-state index contributed by atoms with van der Waals surface area (Å²) in [5.41, 5.74) is 7.76. The molecule has 0 saturated carbocycles. The average molecular weight is 322 g/mol. The van der Waals surface area contributed by atoms with Gasteiger partial charge in [-0.25, -0.2) is 4.39 Å². The molecule has 0 spiro atoms. The van der Waals surface area contributed by atoms with Crippen molar-refractivity contribution in [3.63, 3.8) is 0 Å². The van der Waals surface area contributed by atoms with Crippen molar-refractivity contribution in [3.8, 4) is 0 Å². The lowest BCUT2D eigenvalue weighted by Crippen LogP contribution is -1.93. The first-order valence-electron chi connectivity index (χ1n) is 5.50. The quantitative estimate of drug-likeness (QED) is 0.699. The molecule has 0 aliphatic heterocycles. The van der Waals surface area contributed by atoms with Crippen LogP contribution in [-0.4, -0.2) is 4.98 Å². The summed E-state index contributed by atoms with van der Waals surface area (Å²) in [5, 5.41) is 2.80. The van der Waals surface area contributed by atoms with Crippen LogP contribution in [0.1, 0.15) is 0 Å². The van der Waals surface area contributed by atoms with Crippen molar-refractivity contribution in [3.05, 3.63) is 46.7 Å². The van der Waals surface area contributed by atoms with Gasteiger partial charge in [-0.2, -0.15) is 4.98 Å². The number of halogens is 2. The van der Waals surface area contributed by atoms with Gasteiger partial charge in [-0.1, -0.05) is 15.9 Å². The minimum absolute atomic E-state index is 0.220. The second kappa shape index (κ2) is 4.55. The van der Waals surface area contributed by atoms with E-state index in [1.807, 2.05) is 0 Å². The van der Waals surface area contributed by atoms with Crippen LogP contribution in [0.25, 0.3) is 11.1 Å². The van der Waals surface area contributed by atoms with Crippen molar-refractivity contribution in [1.29, 1.82) is 0 Å². The maximum Gasteiger partial charge on any atom is 0.300 e. The minimum atomic E-state index is -0.384. The Morgan fingerprint density at radius 2 is 2.05 bits per heavy atom. The first-order valence-corrected chi connectivity index (χ1v) is 6.29. The van der Waals surface area contributed by atoms with Crippen molar-refractivity contribution in [2.45, 2.75) is 0 Å². The lowest BCUT2D eigenvalue weighted by atomic mass is 10.3. The van der Waals surface area contributed by atoms with Gasteiger partial charge in [-0.05, 0) is 36.4 Å². The van der Waals surface area contributed by atoms with E-state index in [-0.39, 0.29) is 17.5 Å². The van der Waals surface area contributed by atoms with Crippen molar-refractivity contribution in [2.24, 2.45) is 0 Å². The van der Waals surface area contributed by atoms with Crippen molar-refractivity contribution < 1.29 is 8.81 Å². The fourth-order valence-electron chi connectivity index (χ4n) is 1.71. The van der Waals surface area contributed by atoms with Crippen molar-refractivity contribution >= 4 is 44.4 Å². The molecule has 3 aromatic rings. The van der Waals surface area contributed by atoms with Crippen LogP contribution in [0.3, 0.4) is 0 Å². The summed E-state index contributed by atoms with van der Waals surface area (Å²) in [6.07, 6.45) is 0. The summed E-state index contributed by atoms with van der Waals surface area (Å²) >= 11 is 3.28. The number of hydrogen-bond donors (Lipinski definition) is 2. The fourth-order valence-corrected chi connectivity index (χ4v) is 2.07. The molecular formula is C13H9BrFN3O. The summed E-state index contributed by atoms with van der Waals surface area (Å²) in [5.74, 6) is -0.384. The molecule has 19 heavy (non-hydrogen) atoms. The van der Waals surface area contributed by atoms with Crippen LogP contribution in [0.5, 0.6) is 0 Å². The SMILES string of the molecule is Nc1ccc2oc(Nc3cc(Br)ccc3F)nc2c1. The van der Waals surface area contributed by atoms with Gasteiger partial charge in [0.05, 0.1) is 5.69 Å². The van der Waals surface area contributed by atoms with Gasteiger partial charge in [0.25, 0.3) is 6.01 Å². The Balaban J connectivity index is 1.98. The molecule has 0 unspecified atom stereocenters. The molecule has 96 valence electrons. The third-order valence-corrected chi connectivity index (χ3v) is 3.07. The van der Waals surface area contributed by atoms with Crippen molar-refractivity contribution in [1.82, 2.24) is 4.98 Å². The van der Waals surface area contributed by atoms with E-state index in [4.69, 9.17) is 10.2 Å². The maximum atomic E-state index is 13.6. The number of nitrogen functional groups attached to an aromatic ring is 1. The van der Waals surface area contributed by atoms with E-state index >= 15 is 0 Å². The van der Waals surface area contributed by atoms with E-state index in [0.29, 0.717) is 16.8 Å². The number of fused-ring (bicyclic) bond motifs is 1. The van der Waals surface area contributed by atoms with Crippen LogP contribution in [0.4, 0.5) is 21.8 Å². The largest absolute Gasteiger partial charge is 0.423 e. The van der Waals surface area contributed by atoms with E-state index in [2.05, 4.69) is 26.2 Å². The number of rotatable bonds is 2. The number of nitrogens with two attached hydrogens (primary N) is 1. The van der Waals surface area contributed by atoms with Crippen LogP contribution in [-0.2, 0) is 0 Å². The molecule has 0 radical (unpaired) electrons. The van der Waals surface area contributed by atoms with E-state index in [0.717, 1.165) is 4.47 Å². The predicted molar refractivity (Wildman–Crippen MR) is 75.8 cm³/mol. The van der Waals surface area contributed by atoms with Crippen LogP contribution in [0, 0.1) is 5.82 Å². The molecule has 1 heterocycles. The Labute approximate surface area is 116 Å². The van der Waals surface area contributed by atoms with Gasteiger partial charge in [0.2, 0.25) is 0 Å². The molecular weight excluding hydrogens is 313 g/mol. The zero-order valence-electron chi connectivity index (χ0n) is 9.65. The van der Waals surface area contributed by atoms with Gasteiger partial charge < -0.3 is 15.5 Å². The Morgan fingerprint density at radius 3 is 2.89 bits per heavy atom. The predicted octanol–water partition coefficient (Wildman–Crippen LogP) is 4.06. The highest BCUT2D eigenvalue weighted by atomic mass is 79.9. The van der Waals surface area contributed by atoms with E-state index in [1.54, 1.807) is 30.3 Å². The summed E-state index contributed by atoms with van der Waals surface area (Å²) in [4.78, 5) is 4.20. The molecule has 0 saturated heterocycles. The molecule has 0 amide bonds. The first-order chi connectivity index (χ1) is 9.11. The van der Waals surface area contributed by atoms with Crippen LogP contribution in [0.2, 0.25) is 0 Å². The number of nitrogens with one attached hydrogen (secondary N) is 1. The molecule has 6 heteroatoms. The van der Waals surface area contributed by atoms with Gasteiger partial charge in [0.1, 0.15) is 11.3 Å². The topological polar surface area (TPSA) is 64.1 Å². The maximum absolute atomic E-state index is 13.6. The molecule has 2 aromatic carbocycles. The van der Waals surface area contributed by atoms with E-state index in [9.17, 15) is 4.39 Å². The molecule has 0 aliphatic carbocycles. The van der Waals surface area contributed by atoms with Gasteiger partial charge in [0.15, 0.2) is 5.58 Å². The molecule has 0 bridgehead atoms. The number of aromatic nitrogens is 1. The van der Waals surface area contributed by atoms with Gasteiger partial charge in [-0.3, -0.25) is 0 Å². The van der Waals surface area contributed by atoms with Gasteiger partial charge in [-0.15, -0.1) is 0 Å². The van der Waals surface area contributed by atoms with Gasteiger partial charge in [0, 0.05) is 10.2 Å². The highest BCUT2D eigenvalue weighted by molar-refractivity contribution is 9.10. The Morgan fingerprint density at radius 1 is 1.21 bits per heavy atom.